The van der Waals surface area contributed by atoms with Crippen LogP contribution >= 0.6 is 0 Å². The number of carbonyl (C=O) groups excluding carboxylic acids is 1. The van der Waals surface area contributed by atoms with E-state index >= 15 is 0 Å². The van der Waals surface area contributed by atoms with Crippen molar-refractivity contribution in [3.63, 3.8) is 0 Å². The van der Waals surface area contributed by atoms with Crippen LogP contribution in [0, 0.1) is 0 Å². The second kappa shape index (κ2) is 6.41. The Hall–Kier alpha value is -1.34. The number of esters is 1. The molecule has 1 saturated carbocycles. The smallest absolute Gasteiger partial charge is 0.306 e. The SMILES string of the molecule is COC(=O)CCS(=O)(=O)Cc1ccc(CNC2CC2)o1. The number of nitrogens with one attached hydrogen (secondary N) is 1. The van der Waals surface area contributed by atoms with Crippen molar-refractivity contribution in [1.82, 2.24) is 5.32 Å². The summed E-state index contributed by atoms with van der Waals surface area (Å²) in [7, 11) is -2.12. The van der Waals surface area contributed by atoms with E-state index in [0.29, 0.717) is 18.3 Å². The highest BCUT2D eigenvalue weighted by atomic mass is 32.2. The van der Waals surface area contributed by atoms with Crippen LogP contribution < -0.4 is 5.32 Å². The number of ether oxygens (including phenoxy) is 1. The Labute approximate surface area is 118 Å². The van der Waals surface area contributed by atoms with Crippen LogP contribution in [0.4, 0.5) is 0 Å². The highest BCUT2D eigenvalue weighted by molar-refractivity contribution is 7.90. The van der Waals surface area contributed by atoms with Gasteiger partial charge in [0.2, 0.25) is 0 Å². The van der Waals surface area contributed by atoms with Gasteiger partial charge in [0.25, 0.3) is 0 Å². The normalized spacial score (nSPS) is 15.2. The van der Waals surface area contributed by atoms with E-state index < -0.39 is 15.8 Å². The summed E-state index contributed by atoms with van der Waals surface area (Å²) in [6, 6.07) is 4.02. The van der Waals surface area contributed by atoms with E-state index in [0.717, 1.165) is 5.76 Å². The second-order valence-corrected chi connectivity index (χ2v) is 7.13. The average Bonchev–Trinajstić information content (AvgIpc) is 3.14. The lowest BCUT2D eigenvalue weighted by molar-refractivity contribution is -0.140. The number of furan rings is 1. The molecule has 1 aromatic rings. The van der Waals surface area contributed by atoms with Crippen LogP contribution in [0.15, 0.2) is 16.5 Å². The van der Waals surface area contributed by atoms with Crippen LogP contribution in [0.2, 0.25) is 0 Å². The minimum atomic E-state index is -3.36. The molecule has 0 bridgehead atoms. The van der Waals surface area contributed by atoms with Crippen LogP contribution in [0.25, 0.3) is 0 Å². The van der Waals surface area contributed by atoms with Crippen molar-refractivity contribution in [3.8, 4) is 0 Å². The molecule has 0 radical (unpaired) electrons. The third-order valence-corrected chi connectivity index (χ3v) is 4.62. The van der Waals surface area contributed by atoms with Crippen molar-refractivity contribution < 1.29 is 22.4 Å². The Balaban J connectivity index is 1.83. The average molecular weight is 301 g/mol. The van der Waals surface area contributed by atoms with Crippen molar-refractivity contribution in [2.75, 3.05) is 12.9 Å². The van der Waals surface area contributed by atoms with Crippen molar-refractivity contribution in [2.24, 2.45) is 0 Å². The topological polar surface area (TPSA) is 85.6 Å². The molecule has 0 amide bonds. The van der Waals surface area contributed by atoms with E-state index in [2.05, 4.69) is 10.1 Å². The Morgan fingerprint density at radius 2 is 2.10 bits per heavy atom. The molecule has 7 heteroatoms. The fourth-order valence-electron chi connectivity index (χ4n) is 1.76. The molecule has 1 aromatic heterocycles. The Bertz CT molecular complexity index is 559. The van der Waals surface area contributed by atoms with Gasteiger partial charge in [-0.1, -0.05) is 0 Å². The standard InChI is InChI=1S/C13H19NO5S/c1-18-13(15)6-7-20(16,17)9-12-5-4-11(19-12)8-14-10-2-3-10/h4-5,10,14H,2-3,6-9H2,1H3. The first-order chi connectivity index (χ1) is 9.48. The van der Waals surface area contributed by atoms with Gasteiger partial charge < -0.3 is 14.5 Å². The lowest BCUT2D eigenvalue weighted by Gasteiger charge is -2.02. The van der Waals surface area contributed by atoms with Gasteiger partial charge in [-0.25, -0.2) is 8.42 Å². The number of methoxy groups -OCH3 is 1. The van der Waals surface area contributed by atoms with Gasteiger partial charge >= 0.3 is 5.97 Å². The molecule has 0 saturated heterocycles. The summed E-state index contributed by atoms with van der Waals surface area (Å²) in [5.41, 5.74) is 0. The predicted molar refractivity (Wildman–Crippen MR) is 72.7 cm³/mol. The zero-order valence-corrected chi connectivity index (χ0v) is 12.2. The van der Waals surface area contributed by atoms with E-state index in [-0.39, 0.29) is 17.9 Å². The van der Waals surface area contributed by atoms with Crippen molar-refractivity contribution in [1.29, 1.82) is 0 Å². The minimum absolute atomic E-state index is 0.129. The van der Waals surface area contributed by atoms with Crippen LogP contribution in [0.3, 0.4) is 0 Å². The predicted octanol–water partition coefficient (Wildman–Crippen LogP) is 1.01. The zero-order valence-electron chi connectivity index (χ0n) is 11.4. The molecular formula is C13H19NO5S. The lowest BCUT2D eigenvalue weighted by Crippen LogP contribution is -2.15. The summed E-state index contributed by atoms with van der Waals surface area (Å²) in [5, 5.41) is 3.29. The van der Waals surface area contributed by atoms with Gasteiger partial charge in [0.1, 0.15) is 17.3 Å². The van der Waals surface area contributed by atoms with Crippen LogP contribution in [-0.2, 0) is 31.7 Å². The first-order valence-electron chi connectivity index (χ1n) is 6.57. The molecular weight excluding hydrogens is 282 g/mol. The van der Waals surface area contributed by atoms with Gasteiger partial charge in [-0.05, 0) is 25.0 Å². The Morgan fingerprint density at radius 3 is 2.75 bits per heavy atom. The first kappa shape index (κ1) is 15.1. The molecule has 1 aliphatic carbocycles. The third-order valence-electron chi connectivity index (χ3n) is 3.07. The molecule has 1 aliphatic rings. The monoisotopic (exact) mass is 301 g/mol. The number of hydrogen-bond acceptors (Lipinski definition) is 6. The molecule has 0 aliphatic heterocycles. The maximum Gasteiger partial charge on any atom is 0.306 e. The number of sulfone groups is 1. The highest BCUT2D eigenvalue weighted by Crippen LogP contribution is 2.20. The van der Waals surface area contributed by atoms with Gasteiger partial charge in [0, 0.05) is 6.04 Å². The number of hydrogen-bond donors (Lipinski definition) is 1. The molecule has 112 valence electrons. The van der Waals surface area contributed by atoms with Crippen molar-refractivity contribution in [2.45, 2.75) is 37.6 Å². The van der Waals surface area contributed by atoms with Crippen molar-refractivity contribution >= 4 is 15.8 Å². The maximum atomic E-state index is 11.8. The van der Waals surface area contributed by atoms with Gasteiger partial charge in [-0.15, -0.1) is 0 Å². The van der Waals surface area contributed by atoms with Crippen LogP contribution in [0.5, 0.6) is 0 Å². The van der Waals surface area contributed by atoms with Gasteiger partial charge in [-0.3, -0.25) is 4.79 Å². The summed E-state index contributed by atoms with van der Waals surface area (Å²) in [4.78, 5) is 11.0. The van der Waals surface area contributed by atoms with Crippen LogP contribution in [0.1, 0.15) is 30.8 Å². The van der Waals surface area contributed by atoms with E-state index in [9.17, 15) is 13.2 Å². The molecule has 0 aromatic carbocycles. The largest absolute Gasteiger partial charge is 0.469 e. The number of carbonyl (C=O) groups is 1. The molecule has 1 fully saturated rings. The summed E-state index contributed by atoms with van der Waals surface area (Å²) in [5.74, 6) is 0.198. The van der Waals surface area contributed by atoms with E-state index in [1.54, 1.807) is 12.1 Å². The van der Waals surface area contributed by atoms with Crippen LogP contribution in [-0.4, -0.2) is 33.3 Å². The molecule has 1 N–H and O–H groups in total. The Morgan fingerprint density at radius 1 is 1.40 bits per heavy atom. The van der Waals surface area contributed by atoms with E-state index in [4.69, 9.17) is 4.42 Å². The molecule has 20 heavy (non-hydrogen) atoms. The highest BCUT2D eigenvalue weighted by Gasteiger charge is 2.21. The summed E-state index contributed by atoms with van der Waals surface area (Å²) in [6.07, 6.45) is 2.25. The maximum absolute atomic E-state index is 11.8. The first-order valence-corrected chi connectivity index (χ1v) is 8.39. The second-order valence-electron chi connectivity index (χ2n) is 4.94. The van der Waals surface area contributed by atoms with Gasteiger partial charge in [0.15, 0.2) is 9.84 Å². The molecule has 0 unspecified atom stereocenters. The Kier molecular flexibility index (Phi) is 4.82. The van der Waals surface area contributed by atoms with Crippen molar-refractivity contribution in [3.05, 3.63) is 23.7 Å². The molecule has 0 atom stereocenters. The fraction of sp³-hybridized carbons (Fsp3) is 0.615. The number of rotatable bonds is 8. The van der Waals surface area contributed by atoms with E-state index in [1.165, 1.54) is 20.0 Å². The van der Waals surface area contributed by atoms with Gasteiger partial charge in [0.05, 0.1) is 25.8 Å². The van der Waals surface area contributed by atoms with Gasteiger partial charge in [-0.2, -0.15) is 0 Å². The zero-order chi connectivity index (χ0) is 14.6. The third kappa shape index (κ3) is 4.97. The molecule has 6 nitrogen and oxygen atoms in total. The minimum Gasteiger partial charge on any atom is -0.469 e. The summed E-state index contributed by atoms with van der Waals surface area (Å²) >= 11 is 0. The fourth-order valence-corrected chi connectivity index (χ4v) is 2.97. The van der Waals surface area contributed by atoms with E-state index in [1.807, 2.05) is 0 Å². The molecule has 1 heterocycles. The lowest BCUT2D eigenvalue weighted by atomic mass is 10.4. The molecule has 0 spiro atoms. The summed E-state index contributed by atoms with van der Waals surface area (Å²) in [6.45, 7) is 0.618. The molecule has 2 rings (SSSR count). The summed E-state index contributed by atoms with van der Waals surface area (Å²) < 4.78 is 33.5. The quantitative estimate of drug-likeness (QED) is 0.721.